The van der Waals surface area contributed by atoms with Gasteiger partial charge in [-0.1, -0.05) is 18.9 Å². The van der Waals surface area contributed by atoms with Crippen LogP contribution in [0.15, 0.2) is 18.3 Å². The zero-order valence-electron chi connectivity index (χ0n) is 9.24. The van der Waals surface area contributed by atoms with E-state index in [1.807, 2.05) is 12.3 Å². The Morgan fingerprint density at radius 3 is 2.60 bits per heavy atom. The van der Waals surface area contributed by atoms with Crippen LogP contribution in [0, 0.1) is 18.8 Å². The molecule has 0 spiro atoms. The molecular formula is C13H18N2. The Morgan fingerprint density at radius 1 is 1.33 bits per heavy atom. The van der Waals surface area contributed by atoms with Crippen LogP contribution in [-0.2, 0) is 5.54 Å². The smallest absolute Gasteiger partial charge is 0.0650 e. The van der Waals surface area contributed by atoms with Gasteiger partial charge in [0.2, 0.25) is 0 Å². The maximum Gasteiger partial charge on any atom is 0.0650 e. The molecule has 1 aromatic rings. The van der Waals surface area contributed by atoms with E-state index in [0.717, 1.165) is 5.69 Å². The van der Waals surface area contributed by atoms with Gasteiger partial charge in [-0.15, -0.1) is 0 Å². The molecule has 2 saturated carbocycles. The van der Waals surface area contributed by atoms with Crippen molar-refractivity contribution in [1.29, 1.82) is 0 Å². The molecule has 0 aliphatic heterocycles. The van der Waals surface area contributed by atoms with Gasteiger partial charge in [0.05, 0.1) is 11.2 Å². The van der Waals surface area contributed by atoms with Crippen molar-refractivity contribution in [1.82, 2.24) is 4.98 Å². The highest BCUT2D eigenvalue weighted by Gasteiger charge is 2.64. The predicted molar refractivity (Wildman–Crippen MR) is 60.3 cm³/mol. The number of hydrogen-bond acceptors (Lipinski definition) is 2. The number of hydrogen-bond donors (Lipinski definition) is 1. The largest absolute Gasteiger partial charge is 0.320 e. The Balaban J connectivity index is 1.98. The first-order valence-corrected chi connectivity index (χ1v) is 5.95. The fourth-order valence-corrected chi connectivity index (χ4v) is 3.46. The quantitative estimate of drug-likeness (QED) is 0.759. The number of fused-ring (bicyclic) bond motifs is 1. The topological polar surface area (TPSA) is 38.9 Å². The van der Waals surface area contributed by atoms with E-state index in [2.05, 4.69) is 18.0 Å². The second-order valence-electron chi connectivity index (χ2n) is 5.10. The summed E-state index contributed by atoms with van der Waals surface area (Å²) < 4.78 is 0. The van der Waals surface area contributed by atoms with Crippen molar-refractivity contribution < 1.29 is 0 Å². The summed E-state index contributed by atoms with van der Waals surface area (Å²) in [6, 6.07) is 4.12. The lowest BCUT2D eigenvalue weighted by Gasteiger charge is -2.13. The van der Waals surface area contributed by atoms with Gasteiger partial charge in [-0.05, 0) is 43.2 Å². The van der Waals surface area contributed by atoms with Crippen molar-refractivity contribution in [3.63, 3.8) is 0 Å². The molecule has 3 rings (SSSR count). The molecule has 0 aromatic carbocycles. The molecule has 1 aromatic heterocycles. The Kier molecular flexibility index (Phi) is 1.90. The number of nitrogens with two attached hydrogens (primary N) is 1. The van der Waals surface area contributed by atoms with Gasteiger partial charge in [-0.3, -0.25) is 4.98 Å². The van der Waals surface area contributed by atoms with E-state index >= 15 is 0 Å². The van der Waals surface area contributed by atoms with Crippen molar-refractivity contribution in [3.8, 4) is 0 Å². The van der Waals surface area contributed by atoms with E-state index in [4.69, 9.17) is 5.73 Å². The Labute approximate surface area is 90.9 Å². The molecule has 2 heteroatoms. The summed E-state index contributed by atoms with van der Waals surface area (Å²) in [5, 5.41) is 0. The summed E-state index contributed by atoms with van der Waals surface area (Å²) in [4.78, 5) is 4.51. The molecule has 2 aliphatic rings. The first kappa shape index (κ1) is 9.34. The minimum atomic E-state index is -0.0815. The molecular weight excluding hydrogens is 184 g/mol. The molecule has 2 fully saturated rings. The molecule has 2 nitrogen and oxygen atoms in total. The predicted octanol–water partition coefficient (Wildman–Crippen LogP) is 2.36. The number of rotatable bonds is 1. The van der Waals surface area contributed by atoms with E-state index in [1.165, 1.54) is 31.2 Å². The van der Waals surface area contributed by atoms with Crippen molar-refractivity contribution in [3.05, 3.63) is 29.6 Å². The van der Waals surface area contributed by atoms with Crippen molar-refractivity contribution >= 4 is 0 Å². The van der Waals surface area contributed by atoms with Crippen LogP contribution in [-0.4, -0.2) is 4.98 Å². The normalized spacial score (nSPS) is 38.5. The Bertz CT molecular complexity index is 374. The van der Waals surface area contributed by atoms with Crippen molar-refractivity contribution in [2.24, 2.45) is 17.6 Å². The van der Waals surface area contributed by atoms with Crippen LogP contribution in [0.5, 0.6) is 0 Å². The van der Waals surface area contributed by atoms with Crippen molar-refractivity contribution in [2.75, 3.05) is 0 Å². The standard InChI is InChI=1S/C13H18N2/c1-9-5-4-8-15-12(9)13(14)10-6-2-3-7-11(10)13/h4-5,8,10-11H,2-3,6-7,14H2,1H3. The van der Waals surface area contributed by atoms with Gasteiger partial charge in [0.25, 0.3) is 0 Å². The molecule has 0 radical (unpaired) electrons. The third-order valence-electron chi connectivity index (χ3n) is 4.30. The van der Waals surface area contributed by atoms with E-state index in [-0.39, 0.29) is 5.54 Å². The molecule has 0 bridgehead atoms. The third kappa shape index (κ3) is 1.18. The second kappa shape index (κ2) is 3.05. The first-order valence-electron chi connectivity index (χ1n) is 5.95. The molecule has 0 saturated heterocycles. The highest BCUT2D eigenvalue weighted by Crippen LogP contribution is 2.62. The van der Waals surface area contributed by atoms with Gasteiger partial charge < -0.3 is 5.73 Å². The average molecular weight is 202 g/mol. The van der Waals surface area contributed by atoms with Gasteiger partial charge in [0.15, 0.2) is 0 Å². The summed E-state index contributed by atoms with van der Waals surface area (Å²) in [5.74, 6) is 1.42. The van der Waals surface area contributed by atoms with Gasteiger partial charge in [-0.25, -0.2) is 0 Å². The maximum absolute atomic E-state index is 6.56. The fourth-order valence-electron chi connectivity index (χ4n) is 3.46. The van der Waals surface area contributed by atoms with E-state index < -0.39 is 0 Å². The number of aryl methyl sites for hydroxylation is 1. The summed E-state index contributed by atoms with van der Waals surface area (Å²) in [6.07, 6.45) is 7.19. The highest BCUT2D eigenvalue weighted by molar-refractivity contribution is 5.35. The lowest BCUT2D eigenvalue weighted by molar-refractivity contribution is 0.480. The summed E-state index contributed by atoms with van der Waals surface area (Å²) >= 11 is 0. The van der Waals surface area contributed by atoms with Gasteiger partial charge in [0.1, 0.15) is 0 Å². The molecule has 2 N–H and O–H groups in total. The van der Waals surface area contributed by atoms with Gasteiger partial charge in [-0.2, -0.15) is 0 Å². The summed E-state index contributed by atoms with van der Waals surface area (Å²) in [5.41, 5.74) is 8.89. The first-order chi connectivity index (χ1) is 7.24. The van der Waals surface area contributed by atoms with Crippen LogP contribution in [0.1, 0.15) is 36.9 Å². The maximum atomic E-state index is 6.56. The van der Waals surface area contributed by atoms with Crippen LogP contribution >= 0.6 is 0 Å². The molecule has 2 aliphatic carbocycles. The minimum Gasteiger partial charge on any atom is -0.320 e. The Hall–Kier alpha value is -0.890. The van der Waals surface area contributed by atoms with Crippen LogP contribution in [0.25, 0.3) is 0 Å². The second-order valence-corrected chi connectivity index (χ2v) is 5.10. The monoisotopic (exact) mass is 202 g/mol. The molecule has 2 atom stereocenters. The van der Waals surface area contributed by atoms with E-state index in [0.29, 0.717) is 11.8 Å². The lowest BCUT2D eigenvalue weighted by Crippen LogP contribution is -2.26. The van der Waals surface area contributed by atoms with E-state index in [9.17, 15) is 0 Å². The minimum absolute atomic E-state index is 0.0815. The number of aromatic nitrogens is 1. The lowest BCUT2D eigenvalue weighted by atomic mass is 10.0. The van der Waals surface area contributed by atoms with Crippen LogP contribution in [0.3, 0.4) is 0 Å². The fraction of sp³-hybridized carbons (Fsp3) is 0.615. The molecule has 80 valence electrons. The summed E-state index contributed by atoms with van der Waals surface area (Å²) in [6.45, 7) is 2.13. The van der Waals surface area contributed by atoms with Gasteiger partial charge >= 0.3 is 0 Å². The number of pyridine rings is 1. The van der Waals surface area contributed by atoms with Crippen LogP contribution in [0.4, 0.5) is 0 Å². The van der Waals surface area contributed by atoms with Crippen LogP contribution in [0.2, 0.25) is 0 Å². The summed E-state index contributed by atoms with van der Waals surface area (Å²) in [7, 11) is 0. The molecule has 2 unspecified atom stereocenters. The number of nitrogens with zero attached hydrogens (tertiary/aromatic N) is 1. The zero-order chi connectivity index (χ0) is 10.5. The van der Waals surface area contributed by atoms with Crippen LogP contribution < -0.4 is 5.73 Å². The third-order valence-corrected chi connectivity index (χ3v) is 4.30. The van der Waals surface area contributed by atoms with Crippen molar-refractivity contribution in [2.45, 2.75) is 38.1 Å². The molecule has 15 heavy (non-hydrogen) atoms. The van der Waals surface area contributed by atoms with Gasteiger partial charge in [0, 0.05) is 6.20 Å². The Morgan fingerprint density at radius 2 is 2.00 bits per heavy atom. The SMILES string of the molecule is Cc1cccnc1C1(N)C2CCCCC21. The van der Waals surface area contributed by atoms with E-state index in [1.54, 1.807) is 0 Å². The molecule has 1 heterocycles. The average Bonchev–Trinajstić information content (AvgIpc) is 2.87. The zero-order valence-corrected chi connectivity index (χ0v) is 9.24. The molecule has 0 amide bonds. The highest BCUT2D eigenvalue weighted by atomic mass is 15.0.